The number of amides is 1. The second-order valence-electron chi connectivity index (χ2n) is 4.73. The fourth-order valence-corrected chi connectivity index (χ4v) is 2.28. The van der Waals surface area contributed by atoms with Crippen LogP contribution in [0.2, 0.25) is 5.02 Å². The Balaban J connectivity index is 1.83. The Morgan fingerprint density at radius 1 is 1.33 bits per heavy atom. The topological polar surface area (TPSA) is 134 Å². The van der Waals surface area contributed by atoms with E-state index in [1.54, 1.807) is 18.2 Å². The number of benzene rings is 1. The van der Waals surface area contributed by atoms with E-state index in [-0.39, 0.29) is 11.7 Å². The van der Waals surface area contributed by atoms with Crippen LogP contribution in [-0.2, 0) is 0 Å². The molecule has 5 N–H and O–H groups in total. The van der Waals surface area contributed by atoms with Gasteiger partial charge >= 0.3 is 0 Å². The number of nitrogens with two attached hydrogens (primary N) is 1. The predicted molar refractivity (Wildman–Crippen MR) is 89.9 cm³/mol. The molecule has 10 heteroatoms. The van der Waals surface area contributed by atoms with E-state index in [1.165, 1.54) is 19.6 Å². The molecule has 0 unspecified atom stereocenters. The number of anilines is 3. The molecular formula is C14H13ClN8O. The molecule has 0 bridgehead atoms. The minimum atomic E-state index is -0.261. The first kappa shape index (κ1) is 15.7. The van der Waals surface area contributed by atoms with Crippen LogP contribution in [0.5, 0.6) is 0 Å². The van der Waals surface area contributed by atoms with Gasteiger partial charge in [0, 0.05) is 18.9 Å². The van der Waals surface area contributed by atoms with Crippen LogP contribution in [0, 0.1) is 0 Å². The number of carbonyl (C=O) groups excluding carboxylic acids is 1. The van der Waals surface area contributed by atoms with E-state index in [0.717, 1.165) is 0 Å². The Bertz CT molecular complexity index is 880. The molecule has 0 aliphatic rings. The van der Waals surface area contributed by atoms with Gasteiger partial charge in [0.05, 0.1) is 16.1 Å². The summed E-state index contributed by atoms with van der Waals surface area (Å²) in [5, 5.41) is 12.3. The number of nitrogens with zero attached hydrogens (tertiary/aromatic N) is 4. The molecule has 3 rings (SSSR count). The maximum Gasteiger partial charge on any atom is 0.252 e. The molecular weight excluding hydrogens is 332 g/mol. The lowest BCUT2D eigenvalue weighted by Gasteiger charge is -2.09. The van der Waals surface area contributed by atoms with Crippen LogP contribution < -0.4 is 16.4 Å². The van der Waals surface area contributed by atoms with Crippen molar-refractivity contribution in [3.63, 3.8) is 0 Å². The number of aromatic nitrogens is 5. The minimum Gasteiger partial charge on any atom is -0.383 e. The highest BCUT2D eigenvalue weighted by atomic mass is 35.5. The highest BCUT2D eigenvalue weighted by molar-refractivity contribution is 6.34. The van der Waals surface area contributed by atoms with Gasteiger partial charge in [0.25, 0.3) is 5.91 Å². The zero-order chi connectivity index (χ0) is 17.1. The maximum absolute atomic E-state index is 11.6. The number of halogens is 1. The number of nitrogen functional groups attached to an aromatic ring is 1. The van der Waals surface area contributed by atoms with E-state index in [2.05, 4.69) is 35.8 Å². The van der Waals surface area contributed by atoms with E-state index in [0.29, 0.717) is 33.6 Å². The largest absolute Gasteiger partial charge is 0.383 e. The Hall–Kier alpha value is -3.20. The standard InChI is InChI=1S/C14H13ClN8O/c1-17-13(24)8-3-2-7(4-10(8)15)21-14-18-5-9(11(16)22-14)12-19-6-20-23-12/h2-6H,1H3,(H,17,24)(H,19,20,23)(H3,16,18,21,22). The normalized spacial score (nSPS) is 10.4. The number of carbonyl (C=O) groups is 1. The fourth-order valence-electron chi connectivity index (χ4n) is 2.01. The molecule has 0 atom stereocenters. The van der Waals surface area contributed by atoms with E-state index in [1.807, 2.05) is 0 Å². The Morgan fingerprint density at radius 2 is 2.17 bits per heavy atom. The molecule has 1 aromatic carbocycles. The summed E-state index contributed by atoms with van der Waals surface area (Å²) >= 11 is 6.11. The first-order chi connectivity index (χ1) is 11.6. The molecule has 9 nitrogen and oxygen atoms in total. The Kier molecular flexibility index (Phi) is 4.25. The summed E-state index contributed by atoms with van der Waals surface area (Å²) in [6.45, 7) is 0. The van der Waals surface area contributed by atoms with Crippen LogP contribution in [0.25, 0.3) is 11.4 Å². The number of H-pyrrole nitrogens is 1. The molecule has 0 aliphatic carbocycles. The van der Waals surface area contributed by atoms with Crippen LogP contribution in [0.1, 0.15) is 10.4 Å². The van der Waals surface area contributed by atoms with Crippen molar-refractivity contribution in [2.45, 2.75) is 0 Å². The van der Waals surface area contributed by atoms with Gasteiger partial charge in [-0.05, 0) is 18.2 Å². The first-order valence-electron chi connectivity index (χ1n) is 6.85. The van der Waals surface area contributed by atoms with E-state index < -0.39 is 0 Å². The third kappa shape index (κ3) is 3.10. The average molecular weight is 345 g/mol. The van der Waals surface area contributed by atoms with Gasteiger partial charge in [-0.2, -0.15) is 10.1 Å². The molecule has 0 radical (unpaired) electrons. The highest BCUT2D eigenvalue weighted by Gasteiger charge is 2.11. The van der Waals surface area contributed by atoms with Crippen LogP contribution in [0.15, 0.2) is 30.7 Å². The Morgan fingerprint density at radius 3 is 2.79 bits per heavy atom. The predicted octanol–water partition coefficient (Wildman–Crippen LogP) is 1.60. The van der Waals surface area contributed by atoms with Crippen molar-refractivity contribution in [1.82, 2.24) is 30.5 Å². The summed E-state index contributed by atoms with van der Waals surface area (Å²) < 4.78 is 0. The zero-order valence-electron chi connectivity index (χ0n) is 12.5. The second-order valence-corrected chi connectivity index (χ2v) is 5.13. The summed E-state index contributed by atoms with van der Waals surface area (Å²) in [5.74, 6) is 0.761. The number of nitrogens with one attached hydrogen (secondary N) is 3. The zero-order valence-corrected chi connectivity index (χ0v) is 13.3. The molecule has 0 spiro atoms. The average Bonchev–Trinajstić information content (AvgIpc) is 3.08. The van der Waals surface area contributed by atoms with Gasteiger partial charge in [0.15, 0.2) is 5.82 Å². The lowest BCUT2D eigenvalue weighted by molar-refractivity contribution is 0.0963. The fraction of sp³-hybridized carbons (Fsp3) is 0.0714. The van der Waals surface area contributed by atoms with Crippen LogP contribution >= 0.6 is 11.6 Å². The van der Waals surface area contributed by atoms with Gasteiger partial charge in [0.2, 0.25) is 5.95 Å². The molecule has 1 amide bonds. The maximum atomic E-state index is 11.6. The monoisotopic (exact) mass is 344 g/mol. The quantitative estimate of drug-likeness (QED) is 0.564. The van der Waals surface area contributed by atoms with Crippen molar-refractivity contribution in [1.29, 1.82) is 0 Å². The van der Waals surface area contributed by atoms with Gasteiger partial charge in [-0.25, -0.2) is 9.97 Å². The third-order valence-corrected chi connectivity index (χ3v) is 3.50. The van der Waals surface area contributed by atoms with Crippen LogP contribution in [0.4, 0.5) is 17.5 Å². The van der Waals surface area contributed by atoms with Crippen LogP contribution in [-0.4, -0.2) is 38.1 Å². The molecule has 2 aromatic heterocycles. The number of hydrogen-bond acceptors (Lipinski definition) is 7. The SMILES string of the molecule is CNC(=O)c1ccc(Nc2ncc(-c3ncn[nH]3)c(N)n2)cc1Cl. The molecule has 122 valence electrons. The van der Waals surface area contributed by atoms with Crippen molar-refractivity contribution >= 4 is 35.0 Å². The summed E-state index contributed by atoms with van der Waals surface area (Å²) in [4.78, 5) is 24.0. The first-order valence-corrected chi connectivity index (χ1v) is 7.23. The molecule has 0 saturated carbocycles. The van der Waals surface area contributed by atoms with Crippen molar-refractivity contribution < 1.29 is 4.79 Å². The van der Waals surface area contributed by atoms with Gasteiger partial charge in [-0.1, -0.05) is 11.6 Å². The summed E-state index contributed by atoms with van der Waals surface area (Å²) in [6, 6.07) is 4.91. The van der Waals surface area contributed by atoms with E-state index >= 15 is 0 Å². The van der Waals surface area contributed by atoms with Crippen molar-refractivity contribution in [3.05, 3.63) is 41.3 Å². The van der Waals surface area contributed by atoms with Gasteiger partial charge in [0.1, 0.15) is 12.1 Å². The molecule has 24 heavy (non-hydrogen) atoms. The molecule has 3 aromatic rings. The summed E-state index contributed by atoms with van der Waals surface area (Å²) in [6.07, 6.45) is 2.91. The summed E-state index contributed by atoms with van der Waals surface area (Å²) in [7, 11) is 1.54. The van der Waals surface area contributed by atoms with Crippen molar-refractivity contribution in [2.75, 3.05) is 18.1 Å². The molecule has 0 fully saturated rings. The number of hydrogen-bond donors (Lipinski definition) is 4. The number of rotatable bonds is 4. The smallest absolute Gasteiger partial charge is 0.252 e. The lowest BCUT2D eigenvalue weighted by Crippen LogP contribution is -2.18. The molecule has 0 saturated heterocycles. The van der Waals surface area contributed by atoms with Crippen molar-refractivity contribution in [2.24, 2.45) is 0 Å². The highest BCUT2D eigenvalue weighted by Crippen LogP contribution is 2.24. The van der Waals surface area contributed by atoms with E-state index in [9.17, 15) is 4.79 Å². The van der Waals surface area contributed by atoms with Gasteiger partial charge in [-0.3, -0.25) is 9.89 Å². The van der Waals surface area contributed by atoms with E-state index in [4.69, 9.17) is 17.3 Å². The second kappa shape index (κ2) is 6.50. The van der Waals surface area contributed by atoms with Gasteiger partial charge < -0.3 is 16.4 Å². The lowest BCUT2D eigenvalue weighted by atomic mass is 10.2. The van der Waals surface area contributed by atoms with Crippen molar-refractivity contribution in [3.8, 4) is 11.4 Å². The third-order valence-electron chi connectivity index (χ3n) is 3.19. The molecule has 0 aliphatic heterocycles. The molecule has 2 heterocycles. The minimum absolute atomic E-state index is 0.248. The van der Waals surface area contributed by atoms with Crippen LogP contribution in [0.3, 0.4) is 0 Å². The Labute approximate surface area is 141 Å². The summed E-state index contributed by atoms with van der Waals surface area (Å²) in [5.41, 5.74) is 7.47. The van der Waals surface area contributed by atoms with Gasteiger partial charge in [-0.15, -0.1) is 0 Å². The number of aromatic amines is 1.